The average molecular weight is 280 g/mol. The summed E-state index contributed by atoms with van der Waals surface area (Å²) >= 11 is 2.15. The normalized spacial score (nSPS) is 12.8. The Bertz CT molecular complexity index is 285. The lowest BCUT2D eigenvalue weighted by Crippen LogP contribution is -2.32. The van der Waals surface area contributed by atoms with Crippen molar-refractivity contribution in [3.8, 4) is 0 Å². The summed E-state index contributed by atoms with van der Waals surface area (Å²) in [5.74, 6) is -0.973. The van der Waals surface area contributed by atoms with Crippen LogP contribution in [-0.4, -0.2) is 22.1 Å². The SMILES string of the molecule is N[C@H](Cc1cc(I)c[nH]1)C(=O)O. The zero-order chi connectivity index (χ0) is 9.14. The maximum atomic E-state index is 10.4. The Kier molecular flexibility index (Phi) is 3.10. The van der Waals surface area contributed by atoms with Crippen LogP contribution >= 0.6 is 22.6 Å². The molecule has 1 heterocycles. The third-order valence-electron chi connectivity index (χ3n) is 1.46. The zero-order valence-corrected chi connectivity index (χ0v) is 8.41. The lowest BCUT2D eigenvalue weighted by atomic mass is 10.2. The van der Waals surface area contributed by atoms with Crippen LogP contribution in [0.4, 0.5) is 0 Å². The fourth-order valence-electron chi connectivity index (χ4n) is 0.854. The van der Waals surface area contributed by atoms with E-state index in [2.05, 4.69) is 27.6 Å². The van der Waals surface area contributed by atoms with Crippen LogP contribution in [0.1, 0.15) is 5.69 Å². The van der Waals surface area contributed by atoms with Gasteiger partial charge in [0.05, 0.1) is 0 Å². The smallest absolute Gasteiger partial charge is 0.320 e. The molecule has 0 saturated heterocycles. The highest BCUT2D eigenvalue weighted by atomic mass is 127. The summed E-state index contributed by atoms with van der Waals surface area (Å²) in [4.78, 5) is 13.3. The number of rotatable bonds is 3. The molecule has 0 unspecified atom stereocenters. The molecular weight excluding hydrogens is 271 g/mol. The minimum atomic E-state index is -0.973. The fourth-order valence-corrected chi connectivity index (χ4v) is 1.39. The van der Waals surface area contributed by atoms with Gasteiger partial charge in [-0.2, -0.15) is 0 Å². The molecule has 1 aromatic heterocycles. The molecule has 0 aliphatic carbocycles. The van der Waals surface area contributed by atoms with Gasteiger partial charge < -0.3 is 15.8 Å². The van der Waals surface area contributed by atoms with E-state index in [9.17, 15) is 4.79 Å². The van der Waals surface area contributed by atoms with E-state index in [4.69, 9.17) is 10.8 Å². The molecule has 1 aromatic rings. The van der Waals surface area contributed by atoms with Crippen molar-refractivity contribution >= 4 is 28.6 Å². The van der Waals surface area contributed by atoms with E-state index in [-0.39, 0.29) is 0 Å². The van der Waals surface area contributed by atoms with Crippen LogP contribution in [0.15, 0.2) is 12.3 Å². The molecular formula is C7H9IN2O2. The Morgan fingerprint density at radius 2 is 2.50 bits per heavy atom. The van der Waals surface area contributed by atoms with Crippen LogP contribution in [-0.2, 0) is 11.2 Å². The van der Waals surface area contributed by atoms with Crippen LogP contribution in [0.5, 0.6) is 0 Å². The van der Waals surface area contributed by atoms with E-state index in [1.54, 1.807) is 0 Å². The first-order valence-corrected chi connectivity index (χ1v) is 4.48. The zero-order valence-electron chi connectivity index (χ0n) is 6.25. The number of carboxylic acid groups (broad SMARTS) is 1. The molecule has 0 fully saturated rings. The molecule has 0 spiro atoms. The van der Waals surface area contributed by atoms with E-state index in [1.807, 2.05) is 12.3 Å². The Morgan fingerprint density at radius 1 is 1.83 bits per heavy atom. The van der Waals surface area contributed by atoms with Gasteiger partial charge in [-0.25, -0.2) is 0 Å². The Labute approximate surface area is 83.3 Å². The summed E-state index contributed by atoms with van der Waals surface area (Å²) in [7, 11) is 0. The van der Waals surface area contributed by atoms with E-state index in [1.165, 1.54) is 0 Å². The van der Waals surface area contributed by atoms with E-state index >= 15 is 0 Å². The Morgan fingerprint density at radius 3 is 2.92 bits per heavy atom. The highest BCUT2D eigenvalue weighted by molar-refractivity contribution is 14.1. The van der Waals surface area contributed by atoms with Gasteiger partial charge in [-0.3, -0.25) is 4.79 Å². The lowest BCUT2D eigenvalue weighted by Gasteiger charge is -2.02. The van der Waals surface area contributed by atoms with Crippen molar-refractivity contribution < 1.29 is 9.90 Å². The molecule has 1 atom stereocenters. The lowest BCUT2D eigenvalue weighted by molar-refractivity contribution is -0.138. The van der Waals surface area contributed by atoms with Crippen molar-refractivity contribution in [2.75, 3.05) is 0 Å². The highest BCUT2D eigenvalue weighted by Crippen LogP contribution is 2.07. The molecule has 12 heavy (non-hydrogen) atoms. The summed E-state index contributed by atoms with van der Waals surface area (Å²) in [6.45, 7) is 0. The predicted molar refractivity (Wildman–Crippen MR) is 52.8 cm³/mol. The predicted octanol–water partition coefficient (Wildman–Crippen LogP) is 0.574. The number of nitrogens with two attached hydrogens (primary N) is 1. The molecule has 1 rings (SSSR count). The molecule has 0 saturated carbocycles. The quantitative estimate of drug-likeness (QED) is 0.708. The number of carbonyl (C=O) groups is 1. The molecule has 0 aliphatic rings. The summed E-state index contributed by atoms with van der Waals surface area (Å²) in [5.41, 5.74) is 6.19. The number of hydrogen-bond donors (Lipinski definition) is 3. The minimum absolute atomic E-state index is 0.346. The van der Waals surface area contributed by atoms with Crippen LogP contribution < -0.4 is 5.73 Å². The van der Waals surface area contributed by atoms with Gasteiger partial charge in [-0.05, 0) is 28.7 Å². The highest BCUT2D eigenvalue weighted by Gasteiger charge is 2.12. The number of hydrogen-bond acceptors (Lipinski definition) is 2. The maximum absolute atomic E-state index is 10.4. The van der Waals surface area contributed by atoms with Gasteiger partial charge in [-0.1, -0.05) is 0 Å². The van der Waals surface area contributed by atoms with Crippen molar-refractivity contribution in [3.05, 3.63) is 21.5 Å². The van der Waals surface area contributed by atoms with Crippen LogP contribution in [0.2, 0.25) is 0 Å². The Balaban J connectivity index is 2.58. The summed E-state index contributed by atoms with van der Waals surface area (Å²) in [6.07, 6.45) is 2.16. The molecule has 4 N–H and O–H groups in total. The van der Waals surface area contributed by atoms with Crippen molar-refractivity contribution in [1.29, 1.82) is 0 Å². The minimum Gasteiger partial charge on any atom is -0.480 e. The van der Waals surface area contributed by atoms with Gasteiger partial charge in [0.25, 0.3) is 0 Å². The van der Waals surface area contributed by atoms with Crippen molar-refractivity contribution in [1.82, 2.24) is 4.98 Å². The van der Waals surface area contributed by atoms with Gasteiger partial charge >= 0.3 is 5.97 Å². The van der Waals surface area contributed by atoms with Gasteiger partial charge in [0.15, 0.2) is 0 Å². The topological polar surface area (TPSA) is 79.1 Å². The third-order valence-corrected chi connectivity index (χ3v) is 2.09. The van der Waals surface area contributed by atoms with E-state index in [0.29, 0.717) is 6.42 Å². The summed E-state index contributed by atoms with van der Waals surface area (Å²) < 4.78 is 1.06. The molecule has 0 bridgehead atoms. The number of halogens is 1. The Hall–Kier alpha value is -0.560. The van der Waals surface area contributed by atoms with Crippen molar-refractivity contribution in [2.45, 2.75) is 12.5 Å². The van der Waals surface area contributed by atoms with Gasteiger partial charge in [-0.15, -0.1) is 0 Å². The number of aromatic amines is 1. The first-order chi connectivity index (χ1) is 5.59. The summed E-state index contributed by atoms with van der Waals surface area (Å²) in [6, 6.07) is 1.06. The molecule has 0 aromatic carbocycles. The second-order valence-corrected chi connectivity index (χ2v) is 3.74. The van der Waals surface area contributed by atoms with Gasteiger partial charge in [0.2, 0.25) is 0 Å². The van der Waals surface area contributed by atoms with Crippen molar-refractivity contribution in [3.63, 3.8) is 0 Å². The first-order valence-electron chi connectivity index (χ1n) is 3.41. The summed E-state index contributed by atoms with van der Waals surface area (Å²) in [5, 5.41) is 8.51. The largest absolute Gasteiger partial charge is 0.480 e. The molecule has 0 radical (unpaired) electrons. The molecule has 4 nitrogen and oxygen atoms in total. The first kappa shape index (κ1) is 9.53. The van der Waals surface area contributed by atoms with Crippen molar-refractivity contribution in [2.24, 2.45) is 5.73 Å². The second-order valence-electron chi connectivity index (χ2n) is 2.49. The van der Waals surface area contributed by atoms with Gasteiger partial charge in [0, 0.05) is 21.9 Å². The average Bonchev–Trinajstić information content (AvgIpc) is 2.35. The molecule has 0 amide bonds. The number of aliphatic carboxylic acids is 1. The van der Waals surface area contributed by atoms with Crippen LogP contribution in [0.25, 0.3) is 0 Å². The molecule has 0 aliphatic heterocycles. The standard InChI is InChI=1S/C7H9IN2O2/c8-4-1-5(10-3-4)2-6(9)7(11)12/h1,3,6,10H,2,9H2,(H,11,12)/t6-/m1/s1. The fraction of sp³-hybridized carbons (Fsp3) is 0.286. The third kappa shape index (κ3) is 2.49. The van der Waals surface area contributed by atoms with E-state index < -0.39 is 12.0 Å². The second kappa shape index (κ2) is 3.90. The monoisotopic (exact) mass is 280 g/mol. The number of H-pyrrole nitrogens is 1. The number of carboxylic acids is 1. The number of aromatic nitrogens is 1. The number of nitrogens with one attached hydrogen (secondary N) is 1. The van der Waals surface area contributed by atoms with E-state index in [0.717, 1.165) is 9.26 Å². The van der Waals surface area contributed by atoms with Crippen LogP contribution in [0.3, 0.4) is 0 Å². The maximum Gasteiger partial charge on any atom is 0.320 e. The van der Waals surface area contributed by atoms with Gasteiger partial charge in [0.1, 0.15) is 6.04 Å². The molecule has 66 valence electrons. The molecule has 5 heteroatoms. The van der Waals surface area contributed by atoms with Crippen LogP contribution in [0, 0.1) is 3.57 Å².